The van der Waals surface area contributed by atoms with Crippen molar-refractivity contribution in [3.63, 3.8) is 0 Å². The third-order valence-electron chi connectivity index (χ3n) is 4.69. The summed E-state index contributed by atoms with van der Waals surface area (Å²) in [6.45, 7) is 1.40. The topological polar surface area (TPSA) is 119 Å². The highest BCUT2D eigenvalue weighted by molar-refractivity contribution is 7.89. The molecule has 1 heterocycles. The van der Waals surface area contributed by atoms with Gasteiger partial charge in [0.1, 0.15) is 0 Å². The van der Waals surface area contributed by atoms with Crippen LogP contribution in [0.3, 0.4) is 0 Å². The summed E-state index contributed by atoms with van der Waals surface area (Å²) in [6.07, 6.45) is 1.97. The van der Waals surface area contributed by atoms with Crippen LogP contribution >= 0.6 is 0 Å². The summed E-state index contributed by atoms with van der Waals surface area (Å²) in [5.41, 5.74) is 0.680. The molecule has 154 valence electrons. The van der Waals surface area contributed by atoms with Gasteiger partial charge in [0.2, 0.25) is 10.0 Å². The Morgan fingerprint density at radius 1 is 1.21 bits per heavy atom. The molecule has 0 bridgehead atoms. The van der Waals surface area contributed by atoms with E-state index >= 15 is 0 Å². The average Bonchev–Trinajstić information content (AvgIpc) is 3.26. The second-order valence-electron chi connectivity index (χ2n) is 6.62. The van der Waals surface area contributed by atoms with Crippen LogP contribution in [0.1, 0.15) is 28.8 Å². The van der Waals surface area contributed by atoms with Gasteiger partial charge < -0.3 is 9.64 Å². The van der Waals surface area contributed by atoms with E-state index in [9.17, 15) is 23.3 Å². The largest absolute Gasteiger partial charge is 0.490 e. The van der Waals surface area contributed by atoms with Crippen molar-refractivity contribution >= 4 is 21.6 Å². The second kappa shape index (κ2) is 8.58. The van der Waals surface area contributed by atoms with Crippen LogP contribution in [0.25, 0.3) is 0 Å². The van der Waals surface area contributed by atoms with Crippen LogP contribution in [0.4, 0.5) is 5.69 Å². The molecule has 0 spiro atoms. The summed E-state index contributed by atoms with van der Waals surface area (Å²) in [5.74, 6) is -0.0972. The first-order chi connectivity index (χ1) is 13.8. The highest BCUT2D eigenvalue weighted by atomic mass is 32.2. The van der Waals surface area contributed by atoms with E-state index in [0.717, 1.165) is 32.0 Å². The van der Waals surface area contributed by atoms with E-state index in [1.54, 1.807) is 29.2 Å². The van der Waals surface area contributed by atoms with E-state index in [2.05, 4.69) is 4.72 Å². The molecular weight excluding hydrogens is 398 g/mol. The van der Waals surface area contributed by atoms with Gasteiger partial charge in [-0.3, -0.25) is 14.9 Å². The minimum Gasteiger partial charge on any atom is -0.490 e. The molecule has 0 saturated carbocycles. The first-order valence-electron chi connectivity index (χ1n) is 9.02. The van der Waals surface area contributed by atoms with Gasteiger partial charge in [-0.25, -0.2) is 13.1 Å². The smallest absolute Gasteiger partial charge is 0.312 e. The van der Waals surface area contributed by atoms with Crippen LogP contribution in [0.15, 0.2) is 47.4 Å². The van der Waals surface area contributed by atoms with E-state index in [1.165, 1.54) is 19.2 Å². The molecule has 1 fully saturated rings. The average molecular weight is 419 g/mol. The predicted octanol–water partition coefficient (Wildman–Crippen LogP) is 2.32. The molecule has 1 saturated heterocycles. The van der Waals surface area contributed by atoms with Crippen LogP contribution in [0.2, 0.25) is 0 Å². The first-order valence-corrected chi connectivity index (χ1v) is 10.5. The Morgan fingerprint density at radius 3 is 2.59 bits per heavy atom. The second-order valence-corrected chi connectivity index (χ2v) is 8.38. The van der Waals surface area contributed by atoms with Crippen molar-refractivity contribution in [2.24, 2.45) is 0 Å². The van der Waals surface area contributed by atoms with Crippen LogP contribution in [-0.2, 0) is 16.6 Å². The van der Waals surface area contributed by atoms with E-state index in [4.69, 9.17) is 4.74 Å². The molecule has 0 unspecified atom stereocenters. The van der Waals surface area contributed by atoms with Gasteiger partial charge >= 0.3 is 5.69 Å². The fourth-order valence-corrected chi connectivity index (χ4v) is 4.20. The van der Waals surface area contributed by atoms with E-state index in [0.29, 0.717) is 11.1 Å². The molecule has 0 aliphatic carbocycles. The molecule has 2 aromatic rings. The summed E-state index contributed by atoms with van der Waals surface area (Å²) in [4.78, 5) is 24.5. The van der Waals surface area contributed by atoms with Crippen molar-refractivity contribution < 1.29 is 22.9 Å². The van der Waals surface area contributed by atoms with Crippen molar-refractivity contribution in [1.29, 1.82) is 0 Å². The van der Waals surface area contributed by atoms with Gasteiger partial charge in [0.05, 0.1) is 16.9 Å². The van der Waals surface area contributed by atoms with Crippen LogP contribution in [0.5, 0.6) is 5.75 Å². The lowest BCUT2D eigenvalue weighted by atomic mass is 10.1. The number of amides is 1. The maximum absolute atomic E-state index is 12.6. The summed E-state index contributed by atoms with van der Waals surface area (Å²) in [7, 11) is -2.72. The number of hydrogen-bond acceptors (Lipinski definition) is 6. The van der Waals surface area contributed by atoms with E-state index < -0.39 is 20.6 Å². The number of nitrogens with zero attached hydrogens (tertiary/aromatic N) is 2. The van der Waals surface area contributed by atoms with Crippen molar-refractivity contribution in [1.82, 2.24) is 9.62 Å². The lowest BCUT2D eigenvalue weighted by Crippen LogP contribution is -2.28. The van der Waals surface area contributed by atoms with Gasteiger partial charge in [-0.1, -0.05) is 12.1 Å². The quantitative estimate of drug-likeness (QED) is 0.543. The van der Waals surface area contributed by atoms with Crippen molar-refractivity contribution in [2.75, 3.05) is 20.2 Å². The van der Waals surface area contributed by atoms with Crippen molar-refractivity contribution in [3.8, 4) is 5.75 Å². The number of sulfonamides is 1. The highest BCUT2D eigenvalue weighted by Gasteiger charge is 2.22. The number of carbonyl (C=O) groups is 1. The normalized spacial score (nSPS) is 14.0. The highest BCUT2D eigenvalue weighted by Crippen LogP contribution is 2.29. The number of benzene rings is 2. The Labute approximate surface area is 168 Å². The fraction of sp³-hybridized carbons (Fsp3) is 0.316. The number of nitro benzene ring substituents is 1. The zero-order valence-corrected chi connectivity index (χ0v) is 16.6. The minimum absolute atomic E-state index is 0.0259. The third kappa shape index (κ3) is 4.72. The summed E-state index contributed by atoms with van der Waals surface area (Å²) >= 11 is 0. The molecule has 1 amide bonds. The molecule has 29 heavy (non-hydrogen) atoms. The van der Waals surface area contributed by atoms with Crippen LogP contribution < -0.4 is 9.46 Å². The Hall–Kier alpha value is -2.98. The number of nitrogens with one attached hydrogen (secondary N) is 1. The van der Waals surface area contributed by atoms with Gasteiger partial charge in [0, 0.05) is 31.3 Å². The molecule has 1 N–H and O–H groups in total. The molecule has 0 radical (unpaired) electrons. The molecular formula is C19H21N3O6S. The minimum atomic E-state index is -3.99. The van der Waals surface area contributed by atoms with Crippen molar-refractivity contribution in [3.05, 3.63) is 63.7 Å². The van der Waals surface area contributed by atoms with E-state index in [1.807, 2.05) is 0 Å². The molecule has 10 heteroatoms. The first kappa shape index (κ1) is 20.7. The zero-order valence-electron chi connectivity index (χ0n) is 15.8. The summed E-state index contributed by atoms with van der Waals surface area (Å²) in [5, 5.41) is 11.1. The maximum Gasteiger partial charge on any atom is 0.312 e. The van der Waals surface area contributed by atoms with Crippen LogP contribution in [0, 0.1) is 10.1 Å². The number of methoxy groups -OCH3 is 1. The number of likely N-dealkylation sites (tertiary alicyclic amines) is 1. The lowest BCUT2D eigenvalue weighted by molar-refractivity contribution is -0.386. The Bertz CT molecular complexity index is 1030. The number of rotatable bonds is 7. The Balaban J connectivity index is 1.75. The molecule has 9 nitrogen and oxygen atoms in total. The molecule has 3 rings (SSSR count). The summed E-state index contributed by atoms with van der Waals surface area (Å²) in [6, 6.07) is 10.2. The molecule has 0 atom stereocenters. The van der Waals surface area contributed by atoms with Gasteiger partial charge in [0.25, 0.3) is 5.91 Å². The van der Waals surface area contributed by atoms with E-state index in [-0.39, 0.29) is 23.1 Å². The van der Waals surface area contributed by atoms with Gasteiger partial charge in [0.15, 0.2) is 5.75 Å². The fourth-order valence-electron chi connectivity index (χ4n) is 3.16. The SMILES string of the molecule is COc1ccc(S(=O)(=O)NCc2cccc(C(=O)N3CCCC3)c2)cc1[N+](=O)[O-]. The predicted molar refractivity (Wildman–Crippen MR) is 105 cm³/mol. The molecule has 0 aromatic heterocycles. The monoisotopic (exact) mass is 419 g/mol. The Morgan fingerprint density at radius 2 is 1.93 bits per heavy atom. The number of nitro groups is 1. The van der Waals surface area contributed by atoms with Gasteiger partial charge in [-0.2, -0.15) is 0 Å². The number of hydrogen-bond donors (Lipinski definition) is 1. The summed E-state index contributed by atoms with van der Waals surface area (Å²) < 4.78 is 32.4. The van der Waals surface area contributed by atoms with Gasteiger partial charge in [-0.15, -0.1) is 0 Å². The van der Waals surface area contributed by atoms with Crippen LogP contribution in [-0.4, -0.2) is 44.3 Å². The number of carbonyl (C=O) groups excluding carboxylic acids is 1. The maximum atomic E-state index is 12.6. The molecule has 1 aliphatic rings. The molecule has 1 aliphatic heterocycles. The lowest BCUT2D eigenvalue weighted by Gasteiger charge is -2.15. The van der Waals surface area contributed by atoms with Gasteiger partial charge in [-0.05, 0) is 42.7 Å². The van der Waals surface area contributed by atoms with Crippen molar-refractivity contribution in [2.45, 2.75) is 24.3 Å². The number of ether oxygens (including phenoxy) is 1. The third-order valence-corrected chi connectivity index (χ3v) is 6.09. The standard InChI is InChI=1S/C19H21N3O6S/c1-28-18-8-7-16(12-17(18)22(24)25)29(26,27)20-13-14-5-4-6-15(11-14)19(23)21-9-2-3-10-21/h4-8,11-12,20H,2-3,9-10,13H2,1H3. The Kier molecular flexibility index (Phi) is 6.14. The zero-order chi connectivity index (χ0) is 21.0. The molecule has 2 aromatic carbocycles.